The molecule has 0 aromatic heterocycles. The number of primary amides is 1. The predicted octanol–water partition coefficient (Wildman–Crippen LogP) is 1.96. The van der Waals surface area contributed by atoms with E-state index in [2.05, 4.69) is 0 Å². The zero-order chi connectivity index (χ0) is 17.0. The van der Waals surface area contributed by atoms with E-state index in [-0.39, 0.29) is 29.5 Å². The number of ether oxygens (including phenoxy) is 1. The fraction of sp³-hybridized carbons (Fsp3) is 0.412. The first-order valence-electron chi connectivity index (χ1n) is 7.54. The van der Waals surface area contributed by atoms with Crippen LogP contribution in [0.5, 0.6) is 5.75 Å². The van der Waals surface area contributed by atoms with Gasteiger partial charge in [-0.2, -0.15) is 0 Å². The molecule has 2 atom stereocenters. The molecule has 124 valence electrons. The van der Waals surface area contributed by atoms with Gasteiger partial charge in [0.25, 0.3) is 0 Å². The lowest BCUT2D eigenvalue weighted by Crippen LogP contribution is -2.48. The minimum Gasteiger partial charge on any atom is -0.494 e. The zero-order valence-corrected chi connectivity index (χ0v) is 13.3. The monoisotopic (exact) mass is 320 g/mol. The fourth-order valence-electron chi connectivity index (χ4n) is 2.70. The highest BCUT2D eigenvalue weighted by atomic mass is 19.1. The number of halogens is 1. The first-order valence-corrected chi connectivity index (χ1v) is 7.54. The van der Waals surface area contributed by atoms with Gasteiger partial charge < -0.3 is 15.4 Å². The lowest BCUT2D eigenvalue weighted by atomic mass is 9.93. The van der Waals surface area contributed by atoms with Crippen LogP contribution in [0.15, 0.2) is 24.3 Å². The zero-order valence-electron chi connectivity index (χ0n) is 13.3. The average molecular weight is 320 g/mol. The second-order valence-corrected chi connectivity index (χ2v) is 5.74. The average Bonchev–Trinajstić information content (AvgIpc) is 2.53. The first-order chi connectivity index (χ1) is 10.9. The number of piperidine rings is 1. The van der Waals surface area contributed by atoms with Gasteiger partial charge in [0, 0.05) is 18.7 Å². The van der Waals surface area contributed by atoms with Crippen LogP contribution in [-0.4, -0.2) is 36.4 Å². The van der Waals surface area contributed by atoms with Crippen LogP contribution in [-0.2, 0) is 9.59 Å². The van der Waals surface area contributed by atoms with Crippen LogP contribution in [0.3, 0.4) is 0 Å². The van der Waals surface area contributed by atoms with Crippen molar-refractivity contribution in [1.29, 1.82) is 0 Å². The van der Waals surface area contributed by atoms with Crippen LogP contribution >= 0.6 is 0 Å². The molecule has 1 fully saturated rings. The number of carbonyl (C=O) groups excluding carboxylic acids is 2. The molecule has 2 rings (SSSR count). The molecule has 2 N–H and O–H groups in total. The number of hydrogen-bond acceptors (Lipinski definition) is 3. The van der Waals surface area contributed by atoms with Crippen LogP contribution in [0.4, 0.5) is 4.39 Å². The molecule has 1 aromatic carbocycles. The van der Waals surface area contributed by atoms with Crippen LogP contribution in [0, 0.1) is 11.7 Å². The van der Waals surface area contributed by atoms with Gasteiger partial charge in [0.15, 0.2) is 11.6 Å². The third-order valence-corrected chi connectivity index (χ3v) is 4.16. The summed E-state index contributed by atoms with van der Waals surface area (Å²) < 4.78 is 18.5. The topological polar surface area (TPSA) is 72.6 Å². The van der Waals surface area contributed by atoms with Gasteiger partial charge in [0.05, 0.1) is 13.0 Å². The van der Waals surface area contributed by atoms with Crippen molar-refractivity contribution in [2.75, 3.05) is 13.7 Å². The highest BCUT2D eigenvalue weighted by Gasteiger charge is 2.30. The van der Waals surface area contributed by atoms with Gasteiger partial charge in [0.2, 0.25) is 11.8 Å². The fourth-order valence-corrected chi connectivity index (χ4v) is 2.70. The van der Waals surface area contributed by atoms with Crippen molar-refractivity contribution in [3.05, 3.63) is 35.7 Å². The molecule has 0 saturated carbocycles. The second-order valence-electron chi connectivity index (χ2n) is 5.74. The molecule has 23 heavy (non-hydrogen) atoms. The van der Waals surface area contributed by atoms with E-state index < -0.39 is 5.82 Å². The SMILES string of the molecule is COc1ccc(/C=C/C(=O)N2CC(C(N)=O)CCC2C)cc1F. The third-order valence-electron chi connectivity index (χ3n) is 4.16. The summed E-state index contributed by atoms with van der Waals surface area (Å²) in [6, 6.07) is 4.52. The maximum Gasteiger partial charge on any atom is 0.246 e. The molecule has 1 aliphatic rings. The highest BCUT2D eigenvalue weighted by Crippen LogP contribution is 2.22. The van der Waals surface area contributed by atoms with E-state index in [9.17, 15) is 14.0 Å². The standard InChI is InChI=1S/C17H21FN2O3/c1-11-3-6-13(17(19)22)10-20(11)16(21)8-5-12-4-7-15(23-2)14(18)9-12/h4-5,7-9,11,13H,3,6,10H2,1-2H3,(H2,19,22)/b8-5+. The molecule has 1 heterocycles. The summed E-state index contributed by atoms with van der Waals surface area (Å²) in [5.74, 6) is -1.22. The van der Waals surface area contributed by atoms with Crippen molar-refractivity contribution >= 4 is 17.9 Å². The van der Waals surface area contributed by atoms with E-state index in [0.29, 0.717) is 18.5 Å². The van der Waals surface area contributed by atoms with E-state index in [4.69, 9.17) is 10.5 Å². The lowest BCUT2D eigenvalue weighted by Gasteiger charge is -2.36. The maximum absolute atomic E-state index is 13.6. The van der Waals surface area contributed by atoms with E-state index >= 15 is 0 Å². The Hall–Kier alpha value is -2.37. The summed E-state index contributed by atoms with van der Waals surface area (Å²) in [6.45, 7) is 2.27. The van der Waals surface area contributed by atoms with Crippen molar-refractivity contribution in [3.63, 3.8) is 0 Å². The van der Waals surface area contributed by atoms with Crippen molar-refractivity contribution in [2.45, 2.75) is 25.8 Å². The molecular weight excluding hydrogens is 299 g/mol. The Labute approximate surface area is 134 Å². The number of carbonyl (C=O) groups is 2. The number of benzene rings is 1. The minimum atomic E-state index is -0.484. The van der Waals surface area contributed by atoms with Gasteiger partial charge in [-0.3, -0.25) is 9.59 Å². The summed E-state index contributed by atoms with van der Waals surface area (Å²) in [5, 5.41) is 0. The van der Waals surface area contributed by atoms with E-state index in [0.717, 1.165) is 6.42 Å². The number of hydrogen-bond donors (Lipinski definition) is 1. The molecular formula is C17H21FN2O3. The number of rotatable bonds is 4. The van der Waals surface area contributed by atoms with Crippen LogP contribution in [0.25, 0.3) is 6.08 Å². The number of nitrogens with two attached hydrogens (primary N) is 1. The van der Waals surface area contributed by atoms with Gasteiger partial charge >= 0.3 is 0 Å². The molecule has 0 bridgehead atoms. The summed E-state index contributed by atoms with van der Waals surface area (Å²) in [4.78, 5) is 25.3. The highest BCUT2D eigenvalue weighted by molar-refractivity contribution is 5.92. The summed E-state index contributed by atoms with van der Waals surface area (Å²) in [6.07, 6.45) is 4.38. The number of nitrogens with zero attached hydrogens (tertiary/aromatic N) is 1. The van der Waals surface area contributed by atoms with Gasteiger partial charge in [-0.05, 0) is 43.5 Å². The van der Waals surface area contributed by atoms with Crippen LogP contribution in [0.2, 0.25) is 0 Å². The maximum atomic E-state index is 13.6. The molecule has 0 radical (unpaired) electrons. The number of amides is 2. The molecule has 0 spiro atoms. The predicted molar refractivity (Wildman–Crippen MR) is 85.1 cm³/mol. The lowest BCUT2D eigenvalue weighted by molar-refractivity contribution is -0.133. The van der Waals surface area contributed by atoms with Crippen molar-refractivity contribution in [2.24, 2.45) is 11.7 Å². The molecule has 6 heteroatoms. The smallest absolute Gasteiger partial charge is 0.246 e. The Kier molecular flexibility index (Phi) is 5.36. The molecule has 1 aromatic rings. The quantitative estimate of drug-likeness (QED) is 0.862. The van der Waals surface area contributed by atoms with E-state index in [1.807, 2.05) is 6.92 Å². The molecule has 2 unspecified atom stereocenters. The van der Waals surface area contributed by atoms with Gasteiger partial charge in [-0.15, -0.1) is 0 Å². The molecule has 0 aliphatic carbocycles. The van der Waals surface area contributed by atoms with Crippen molar-refractivity contribution in [1.82, 2.24) is 4.90 Å². The molecule has 2 amide bonds. The first kappa shape index (κ1) is 17.0. The molecule has 5 nitrogen and oxygen atoms in total. The number of likely N-dealkylation sites (tertiary alicyclic amines) is 1. The number of methoxy groups -OCH3 is 1. The van der Waals surface area contributed by atoms with Gasteiger partial charge in [0.1, 0.15) is 0 Å². The molecule has 1 saturated heterocycles. The summed E-state index contributed by atoms with van der Waals surface area (Å²) >= 11 is 0. The van der Waals surface area contributed by atoms with Crippen LogP contribution < -0.4 is 10.5 Å². The van der Waals surface area contributed by atoms with E-state index in [1.54, 1.807) is 17.0 Å². The molecule has 1 aliphatic heterocycles. The Morgan fingerprint density at radius 2 is 2.13 bits per heavy atom. The Morgan fingerprint density at radius 1 is 1.39 bits per heavy atom. The van der Waals surface area contributed by atoms with Gasteiger partial charge in [-0.1, -0.05) is 6.07 Å². The van der Waals surface area contributed by atoms with Crippen molar-refractivity contribution < 1.29 is 18.7 Å². The summed E-state index contributed by atoms with van der Waals surface area (Å²) in [5.41, 5.74) is 5.90. The van der Waals surface area contributed by atoms with Gasteiger partial charge in [-0.25, -0.2) is 4.39 Å². The normalized spacial score (nSPS) is 21.4. The Bertz CT molecular complexity index is 630. The van der Waals surface area contributed by atoms with Crippen LogP contribution in [0.1, 0.15) is 25.3 Å². The Balaban J connectivity index is 2.07. The van der Waals surface area contributed by atoms with Crippen molar-refractivity contribution in [3.8, 4) is 5.75 Å². The summed E-state index contributed by atoms with van der Waals surface area (Å²) in [7, 11) is 1.39. The second kappa shape index (κ2) is 7.26. The van der Waals surface area contributed by atoms with E-state index in [1.165, 1.54) is 25.3 Å². The Morgan fingerprint density at radius 3 is 2.74 bits per heavy atom. The third kappa shape index (κ3) is 4.09. The largest absolute Gasteiger partial charge is 0.494 e. The minimum absolute atomic E-state index is 0.0513.